The lowest BCUT2D eigenvalue weighted by Crippen LogP contribution is -2.64. The summed E-state index contributed by atoms with van der Waals surface area (Å²) < 4.78 is 141. The molecule has 0 aromatic rings. The molecule has 2 unspecified atom stereocenters. The van der Waals surface area contributed by atoms with Crippen LogP contribution in [0.1, 0.15) is 0 Å². The Bertz CT molecular complexity index is 515. The van der Waals surface area contributed by atoms with Crippen LogP contribution in [0.2, 0.25) is 0 Å². The van der Waals surface area contributed by atoms with Crippen LogP contribution in [0.25, 0.3) is 0 Å². The number of halogens is 10. The zero-order chi connectivity index (χ0) is 17.1. The Labute approximate surface area is 112 Å². The Morgan fingerprint density at radius 3 is 1.00 bits per heavy atom. The molecular formula is C8F10O4. The minimum absolute atomic E-state index is 2.64. The molecule has 2 aliphatic rings. The van der Waals surface area contributed by atoms with Crippen molar-refractivity contribution in [3.05, 3.63) is 24.1 Å². The third-order valence-corrected chi connectivity index (χ3v) is 2.38. The molecule has 0 saturated carbocycles. The van der Waals surface area contributed by atoms with Crippen molar-refractivity contribution >= 4 is 0 Å². The van der Waals surface area contributed by atoms with Crippen LogP contribution in [0.5, 0.6) is 0 Å². The van der Waals surface area contributed by atoms with E-state index in [-0.39, 0.29) is 0 Å². The van der Waals surface area contributed by atoms with Gasteiger partial charge in [0, 0.05) is 0 Å². The van der Waals surface area contributed by atoms with Gasteiger partial charge in [-0.05, 0) is 0 Å². The van der Waals surface area contributed by atoms with Gasteiger partial charge in [-0.3, -0.25) is 0 Å². The molecule has 2 aliphatic heterocycles. The maximum Gasteiger partial charge on any atom is 0.481 e. The maximum absolute atomic E-state index is 13.9. The number of hydrogen-bond acceptors (Lipinski definition) is 4. The molecule has 2 fully saturated rings. The lowest BCUT2D eigenvalue weighted by atomic mass is 10.1. The van der Waals surface area contributed by atoms with Gasteiger partial charge in [-0.25, -0.2) is 0 Å². The highest BCUT2D eigenvalue weighted by atomic mass is 19.3. The zero-order valence-corrected chi connectivity index (χ0v) is 9.41. The second-order valence-corrected chi connectivity index (χ2v) is 3.73. The van der Waals surface area contributed by atoms with E-state index >= 15 is 0 Å². The van der Waals surface area contributed by atoms with Crippen molar-refractivity contribution in [2.24, 2.45) is 0 Å². The Balaban J connectivity index is 2.58. The average molecular weight is 350 g/mol. The van der Waals surface area contributed by atoms with E-state index in [9.17, 15) is 43.9 Å². The molecule has 2 heterocycles. The first-order chi connectivity index (χ1) is 9.77. The van der Waals surface area contributed by atoms with E-state index in [4.69, 9.17) is 0 Å². The highest BCUT2D eigenvalue weighted by Crippen LogP contribution is 2.61. The van der Waals surface area contributed by atoms with E-state index < -0.39 is 48.0 Å². The molecule has 14 heteroatoms. The monoisotopic (exact) mass is 350 g/mol. The van der Waals surface area contributed by atoms with Gasteiger partial charge >= 0.3 is 48.0 Å². The largest absolute Gasteiger partial charge is 0.481 e. The molecule has 0 aromatic carbocycles. The van der Waals surface area contributed by atoms with Crippen molar-refractivity contribution in [3.63, 3.8) is 0 Å². The van der Waals surface area contributed by atoms with Crippen LogP contribution in [0.4, 0.5) is 43.9 Å². The van der Waals surface area contributed by atoms with Gasteiger partial charge in [0.05, 0.1) is 0 Å². The van der Waals surface area contributed by atoms with E-state index in [2.05, 4.69) is 18.9 Å². The predicted octanol–water partition coefficient (Wildman–Crippen LogP) is 3.73. The minimum Gasteiger partial charge on any atom is -0.409 e. The van der Waals surface area contributed by atoms with Gasteiger partial charge in [0.25, 0.3) is 0 Å². The van der Waals surface area contributed by atoms with E-state index in [0.717, 1.165) is 0 Å². The average Bonchev–Trinajstić information content (AvgIpc) is 2.74. The van der Waals surface area contributed by atoms with Crippen LogP contribution >= 0.6 is 0 Å². The second-order valence-electron chi connectivity index (χ2n) is 3.73. The molecule has 2 atom stereocenters. The van der Waals surface area contributed by atoms with Crippen molar-refractivity contribution < 1.29 is 62.9 Å². The summed E-state index contributed by atoms with van der Waals surface area (Å²) in [5, 5.41) is 0. The zero-order valence-electron chi connectivity index (χ0n) is 9.41. The van der Waals surface area contributed by atoms with Crippen molar-refractivity contribution in [3.8, 4) is 0 Å². The number of hydrogen-bond donors (Lipinski definition) is 0. The summed E-state index contributed by atoms with van der Waals surface area (Å²) >= 11 is 0. The summed E-state index contributed by atoms with van der Waals surface area (Å²) in [6, 6.07) is 0. The molecule has 2 rings (SSSR count). The first-order valence-corrected chi connectivity index (χ1v) is 4.77. The molecule has 0 aromatic heterocycles. The van der Waals surface area contributed by atoms with E-state index in [0.29, 0.717) is 0 Å². The highest BCUT2D eigenvalue weighted by Gasteiger charge is 2.91. The fourth-order valence-corrected chi connectivity index (χ4v) is 1.44. The second kappa shape index (κ2) is 4.25. The first kappa shape index (κ1) is 16.4. The van der Waals surface area contributed by atoms with E-state index in [1.54, 1.807) is 0 Å². The molecule has 0 bridgehead atoms. The lowest BCUT2D eigenvalue weighted by Gasteiger charge is -2.31. The molecule has 0 radical (unpaired) electrons. The SMILES string of the molecule is FC(F)=C1OC(F)(F)C(F)(C2(F)OC(=C(F)F)OC2(F)F)O1. The van der Waals surface area contributed by atoms with Crippen LogP contribution < -0.4 is 0 Å². The molecule has 0 N–H and O–H groups in total. The third kappa shape index (κ3) is 1.85. The molecule has 0 amide bonds. The van der Waals surface area contributed by atoms with Crippen molar-refractivity contribution in [2.75, 3.05) is 0 Å². The minimum atomic E-state index is -5.80. The summed E-state index contributed by atoms with van der Waals surface area (Å²) in [7, 11) is 0. The Kier molecular flexibility index (Phi) is 3.16. The van der Waals surface area contributed by atoms with E-state index in [1.807, 2.05) is 0 Å². The van der Waals surface area contributed by atoms with Gasteiger partial charge in [-0.1, -0.05) is 0 Å². The van der Waals surface area contributed by atoms with Gasteiger partial charge in [0.15, 0.2) is 0 Å². The topological polar surface area (TPSA) is 36.9 Å². The molecule has 2 saturated heterocycles. The van der Waals surface area contributed by atoms with Crippen LogP contribution in [0, 0.1) is 0 Å². The third-order valence-electron chi connectivity index (χ3n) is 2.38. The molecule has 126 valence electrons. The van der Waals surface area contributed by atoms with Gasteiger partial charge in [0.1, 0.15) is 0 Å². The number of rotatable bonds is 1. The van der Waals surface area contributed by atoms with Crippen LogP contribution in [-0.4, -0.2) is 23.9 Å². The maximum atomic E-state index is 13.9. The summed E-state index contributed by atoms with van der Waals surface area (Å²) in [5.74, 6) is -16.8. The molecule has 22 heavy (non-hydrogen) atoms. The van der Waals surface area contributed by atoms with Gasteiger partial charge in [-0.2, -0.15) is 43.9 Å². The molecule has 0 aliphatic carbocycles. The van der Waals surface area contributed by atoms with Crippen molar-refractivity contribution in [1.82, 2.24) is 0 Å². The Hall–Kier alpha value is -2.02. The lowest BCUT2D eigenvalue weighted by molar-refractivity contribution is -0.425. The van der Waals surface area contributed by atoms with Crippen molar-refractivity contribution in [1.29, 1.82) is 0 Å². The van der Waals surface area contributed by atoms with Crippen LogP contribution in [-0.2, 0) is 18.9 Å². The molecule has 4 nitrogen and oxygen atoms in total. The predicted molar refractivity (Wildman–Crippen MR) is 40.4 cm³/mol. The number of alkyl halides is 6. The standard InChI is InChI=1S/C8F10O4/c9-1(10)3-19-5(13,7(15,16)21-3)6(14)8(17,18)22-4(20-6)2(11)12. The summed E-state index contributed by atoms with van der Waals surface area (Å²) in [5.41, 5.74) is 0. The summed E-state index contributed by atoms with van der Waals surface area (Å²) in [6.45, 7) is 0. The fourth-order valence-electron chi connectivity index (χ4n) is 1.44. The summed E-state index contributed by atoms with van der Waals surface area (Å²) in [6.07, 6.45) is -18.1. The number of ether oxygens (including phenoxy) is 4. The first-order valence-electron chi connectivity index (χ1n) is 4.77. The molecular weight excluding hydrogens is 350 g/mol. The normalized spacial score (nSPS) is 35.4. The van der Waals surface area contributed by atoms with Gasteiger partial charge < -0.3 is 18.9 Å². The van der Waals surface area contributed by atoms with Gasteiger partial charge in [0.2, 0.25) is 0 Å². The highest BCUT2D eigenvalue weighted by molar-refractivity contribution is 5.12. The quantitative estimate of drug-likeness (QED) is 0.676. The van der Waals surface area contributed by atoms with Crippen LogP contribution in [0.3, 0.4) is 0 Å². The molecule has 0 spiro atoms. The van der Waals surface area contributed by atoms with Crippen LogP contribution in [0.15, 0.2) is 24.1 Å². The van der Waals surface area contributed by atoms with Crippen molar-refractivity contribution in [2.45, 2.75) is 23.9 Å². The fraction of sp³-hybridized carbons (Fsp3) is 0.500. The summed E-state index contributed by atoms with van der Waals surface area (Å²) in [4.78, 5) is 0. The van der Waals surface area contributed by atoms with E-state index in [1.165, 1.54) is 0 Å². The Morgan fingerprint density at radius 1 is 0.545 bits per heavy atom. The Morgan fingerprint density at radius 2 is 0.818 bits per heavy atom. The van der Waals surface area contributed by atoms with Gasteiger partial charge in [-0.15, -0.1) is 0 Å². The smallest absolute Gasteiger partial charge is 0.409 e.